The number of pyridine rings is 1. The molecule has 0 fully saturated rings. The number of halogens is 3. The fourth-order valence-corrected chi connectivity index (χ4v) is 2.96. The Morgan fingerprint density at radius 1 is 1.25 bits per heavy atom. The lowest BCUT2D eigenvalue weighted by Crippen LogP contribution is -2.14. The third-order valence-corrected chi connectivity index (χ3v) is 3.87. The molecule has 20 heavy (non-hydrogen) atoms. The lowest BCUT2D eigenvalue weighted by atomic mass is 10.1. The van der Waals surface area contributed by atoms with Gasteiger partial charge in [-0.2, -0.15) is 0 Å². The fraction of sp³-hybridized carbons (Fsp3) is 0.143. The van der Waals surface area contributed by atoms with Gasteiger partial charge < -0.3 is 5.32 Å². The summed E-state index contributed by atoms with van der Waals surface area (Å²) in [6, 6.07) is 5.36. The second-order valence-corrected chi connectivity index (χ2v) is 6.03. The van der Waals surface area contributed by atoms with Crippen LogP contribution >= 0.6 is 39.1 Å². The molecule has 1 amide bonds. The molecule has 0 aliphatic heterocycles. The lowest BCUT2D eigenvalue weighted by molar-refractivity contribution is 0.102. The maximum Gasteiger partial charge on any atom is 0.257 e. The number of amides is 1. The number of nitrogens with zero attached hydrogens (tertiary/aromatic N) is 1. The summed E-state index contributed by atoms with van der Waals surface area (Å²) in [5, 5.41) is 3.31. The minimum Gasteiger partial charge on any atom is -0.321 e. The Labute approximate surface area is 135 Å². The van der Waals surface area contributed by atoms with Crippen LogP contribution in [0.3, 0.4) is 0 Å². The summed E-state index contributed by atoms with van der Waals surface area (Å²) in [5.41, 5.74) is 3.07. The van der Waals surface area contributed by atoms with Gasteiger partial charge in [0.25, 0.3) is 5.91 Å². The molecule has 0 aliphatic carbocycles. The Morgan fingerprint density at radius 3 is 2.60 bits per heavy atom. The SMILES string of the molecule is Cc1cc(C)c(NC(=O)c2cc(Cl)ncc2Cl)c(Br)c1. The van der Waals surface area contributed by atoms with Crippen molar-refractivity contribution in [3.05, 3.63) is 55.7 Å². The molecule has 1 N–H and O–H groups in total. The van der Waals surface area contributed by atoms with Crippen LogP contribution in [0.25, 0.3) is 0 Å². The number of anilines is 1. The van der Waals surface area contributed by atoms with Crippen LogP contribution in [0.4, 0.5) is 5.69 Å². The molecule has 104 valence electrons. The van der Waals surface area contributed by atoms with Crippen LogP contribution in [0, 0.1) is 13.8 Å². The summed E-state index contributed by atoms with van der Waals surface area (Å²) in [4.78, 5) is 16.1. The Bertz CT molecular complexity index is 666. The number of hydrogen-bond donors (Lipinski definition) is 1. The highest BCUT2D eigenvalue weighted by atomic mass is 79.9. The molecule has 1 aromatic carbocycles. The maximum absolute atomic E-state index is 12.3. The van der Waals surface area contributed by atoms with Crippen molar-refractivity contribution in [3.63, 3.8) is 0 Å². The average molecular weight is 374 g/mol. The highest BCUT2D eigenvalue weighted by Gasteiger charge is 2.14. The van der Waals surface area contributed by atoms with E-state index < -0.39 is 0 Å². The van der Waals surface area contributed by atoms with Crippen molar-refractivity contribution in [1.82, 2.24) is 4.98 Å². The molecule has 0 atom stereocenters. The molecule has 0 unspecified atom stereocenters. The molecular formula is C14H11BrCl2N2O. The average Bonchev–Trinajstić information content (AvgIpc) is 2.36. The Hall–Kier alpha value is -1.10. The lowest BCUT2D eigenvalue weighted by Gasteiger charge is -2.12. The van der Waals surface area contributed by atoms with Gasteiger partial charge in [0.2, 0.25) is 0 Å². The van der Waals surface area contributed by atoms with E-state index in [0.717, 1.165) is 15.6 Å². The monoisotopic (exact) mass is 372 g/mol. The third-order valence-electron chi connectivity index (χ3n) is 2.74. The predicted molar refractivity (Wildman–Crippen MR) is 85.8 cm³/mol. The molecule has 1 heterocycles. The number of aryl methyl sites for hydroxylation is 2. The first-order chi connectivity index (χ1) is 9.38. The molecule has 3 nitrogen and oxygen atoms in total. The summed E-state index contributed by atoms with van der Waals surface area (Å²) < 4.78 is 0.819. The van der Waals surface area contributed by atoms with Crippen molar-refractivity contribution in [2.75, 3.05) is 5.32 Å². The van der Waals surface area contributed by atoms with Gasteiger partial charge in [-0.15, -0.1) is 0 Å². The summed E-state index contributed by atoms with van der Waals surface area (Å²) >= 11 is 15.2. The third kappa shape index (κ3) is 3.32. The van der Waals surface area contributed by atoms with E-state index in [0.29, 0.717) is 11.3 Å². The van der Waals surface area contributed by atoms with Crippen molar-refractivity contribution in [2.45, 2.75) is 13.8 Å². The van der Waals surface area contributed by atoms with Gasteiger partial charge in [0.1, 0.15) is 5.15 Å². The first-order valence-corrected chi connectivity index (χ1v) is 7.32. The summed E-state index contributed by atoms with van der Waals surface area (Å²) in [6.07, 6.45) is 1.36. The van der Waals surface area contributed by atoms with Crippen molar-refractivity contribution >= 4 is 50.7 Å². The molecule has 2 aromatic rings. The highest BCUT2D eigenvalue weighted by Crippen LogP contribution is 2.29. The zero-order valence-electron chi connectivity index (χ0n) is 10.8. The minimum atomic E-state index is -0.327. The summed E-state index contributed by atoms with van der Waals surface area (Å²) in [5.74, 6) is -0.327. The molecule has 0 saturated heterocycles. The Kier molecular flexibility index (Phi) is 4.68. The van der Waals surface area contributed by atoms with E-state index in [1.54, 1.807) is 0 Å². The number of carbonyl (C=O) groups excluding carboxylic acids is 1. The first-order valence-electron chi connectivity index (χ1n) is 5.77. The quantitative estimate of drug-likeness (QED) is 0.751. The van der Waals surface area contributed by atoms with Crippen LogP contribution in [0.2, 0.25) is 10.2 Å². The van der Waals surface area contributed by atoms with Crippen LogP contribution in [0.15, 0.2) is 28.9 Å². The van der Waals surface area contributed by atoms with Crippen LogP contribution in [0.5, 0.6) is 0 Å². The van der Waals surface area contributed by atoms with Gasteiger partial charge in [0.15, 0.2) is 0 Å². The molecule has 1 aromatic heterocycles. The summed E-state index contributed by atoms with van der Waals surface area (Å²) in [6.45, 7) is 3.91. The second-order valence-electron chi connectivity index (χ2n) is 4.38. The largest absolute Gasteiger partial charge is 0.321 e. The van der Waals surface area contributed by atoms with Crippen LogP contribution < -0.4 is 5.32 Å². The van der Waals surface area contributed by atoms with E-state index in [-0.39, 0.29) is 16.1 Å². The number of hydrogen-bond acceptors (Lipinski definition) is 2. The van der Waals surface area contributed by atoms with Gasteiger partial charge in [0.05, 0.1) is 16.3 Å². The van der Waals surface area contributed by atoms with Gasteiger partial charge in [-0.3, -0.25) is 4.79 Å². The zero-order valence-corrected chi connectivity index (χ0v) is 13.9. The number of benzene rings is 1. The van der Waals surface area contributed by atoms with E-state index in [1.165, 1.54) is 12.3 Å². The van der Waals surface area contributed by atoms with E-state index in [1.807, 2.05) is 26.0 Å². The molecule has 0 saturated carbocycles. The molecule has 0 bridgehead atoms. The van der Waals surface area contributed by atoms with Crippen LogP contribution in [0.1, 0.15) is 21.5 Å². The van der Waals surface area contributed by atoms with Gasteiger partial charge in [-0.25, -0.2) is 4.98 Å². The minimum absolute atomic E-state index is 0.222. The topological polar surface area (TPSA) is 42.0 Å². The van der Waals surface area contributed by atoms with Crippen molar-refractivity contribution in [2.24, 2.45) is 0 Å². The smallest absolute Gasteiger partial charge is 0.257 e. The maximum atomic E-state index is 12.3. The van der Waals surface area contributed by atoms with Crippen molar-refractivity contribution < 1.29 is 4.79 Å². The Balaban J connectivity index is 2.35. The van der Waals surface area contributed by atoms with Crippen molar-refractivity contribution in [3.8, 4) is 0 Å². The molecule has 6 heteroatoms. The number of aromatic nitrogens is 1. The molecule has 2 rings (SSSR count). The molecular weight excluding hydrogens is 363 g/mol. The molecule has 0 aliphatic rings. The first kappa shape index (κ1) is 15.3. The van der Waals surface area contributed by atoms with E-state index in [9.17, 15) is 4.79 Å². The van der Waals surface area contributed by atoms with Crippen molar-refractivity contribution in [1.29, 1.82) is 0 Å². The van der Waals surface area contributed by atoms with Gasteiger partial charge in [-0.1, -0.05) is 29.3 Å². The standard InChI is InChI=1S/C14H11BrCl2N2O/c1-7-3-8(2)13(10(15)4-7)19-14(20)9-5-12(17)18-6-11(9)16/h3-6H,1-2H3,(H,19,20). The number of nitrogens with one attached hydrogen (secondary N) is 1. The highest BCUT2D eigenvalue weighted by molar-refractivity contribution is 9.10. The van der Waals surface area contributed by atoms with E-state index in [2.05, 4.69) is 26.2 Å². The normalized spacial score (nSPS) is 10.4. The number of carbonyl (C=O) groups is 1. The molecule has 0 radical (unpaired) electrons. The molecule has 0 spiro atoms. The predicted octanol–water partition coefficient (Wildman–Crippen LogP) is 5.02. The second kappa shape index (κ2) is 6.12. The van der Waals surface area contributed by atoms with Crippen LogP contribution in [-0.4, -0.2) is 10.9 Å². The van der Waals surface area contributed by atoms with E-state index in [4.69, 9.17) is 23.2 Å². The van der Waals surface area contributed by atoms with Gasteiger partial charge in [-0.05, 0) is 53.0 Å². The van der Waals surface area contributed by atoms with Gasteiger partial charge >= 0.3 is 0 Å². The van der Waals surface area contributed by atoms with Crippen LogP contribution in [-0.2, 0) is 0 Å². The summed E-state index contributed by atoms with van der Waals surface area (Å²) in [7, 11) is 0. The fourth-order valence-electron chi connectivity index (χ4n) is 1.84. The van der Waals surface area contributed by atoms with Gasteiger partial charge in [0, 0.05) is 10.7 Å². The Morgan fingerprint density at radius 2 is 1.95 bits per heavy atom. The zero-order chi connectivity index (χ0) is 14.9. The number of rotatable bonds is 2. The van der Waals surface area contributed by atoms with E-state index >= 15 is 0 Å².